The van der Waals surface area contributed by atoms with Crippen molar-refractivity contribution in [1.82, 2.24) is 5.32 Å². The first kappa shape index (κ1) is 10.5. The SMILES string of the molecule is COc1c(C)cc(C)cc1C1CCCN1. The van der Waals surface area contributed by atoms with Crippen LogP contribution in [-0.2, 0) is 0 Å². The van der Waals surface area contributed by atoms with Crippen molar-refractivity contribution in [1.29, 1.82) is 0 Å². The van der Waals surface area contributed by atoms with E-state index in [1.165, 1.54) is 29.5 Å². The van der Waals surface area contributed by atoms with Crippen molar-refractivity contribution in [2.45, 2.75) is 32.7 Å². The Morgan fingerprint density at radius 3 is 2.73 bits per heavy atom. The molecule has 2 nitrogen and oxygen atoms in total. The normalized spacial score (nSPS) is 20.6. The molecule has 1 unspecified atom stereocenters. The second-order valence-electron chi connectivity index (χ2n) is 4.35. The highest BCUT2D eigenvalue weighted by molar-refractivity contribution is 5.45. The van der Waals surface area contributed by atoms with Gasteiger partial charge < -0.3 is 10.1 Å². The van der Waals surface area contributed by atoms with Crippen LogP contribution in [0.5, 0.6) is 5.75 Å². The van der Waals surface area contributed by atoms with Gasteiger partial charge in [0.2, 0.25) is 0 Å². The van der Waals surface area contributed by atoms with Gasteiger partial charge in [-0.3, -0.25) is 0 Å². The Hall–Kier alpha value is -1.02. The maximum absolute atomic E-state index is 5.50. The van der Waals surface area contributed by atoms with Crippen molar-refractivity contribution in [2.75, 3.05) is 13.7 Å². The van der Waals surface area contributed by atoms with Crippen LogP contribution in [0.1, 0.15) is 35.6 Å². The van der Waals surface area contributed by atoms with E-state index in [0.29, 0.717) is 6.04 Å². The third-order valence-electron chi connectivity index (χ3n) is 3.09. The standard InChI is InChI=1S/C13H19NO/c1-9-7-10(2)13(15-3)11(8-9)12-5-4-6-14-12/h7-8,12,14H,4-6H2,1-3H3. The molecule has 1 heterocycles. The second-order valence-corrected chi connectivity index (χ2v) is 4.35. The van der Waals surface area contributed by atoms with Crippen LogP contribution in [0.25, 0.3) is 0 Å². The first-order valence-corrected chi connectivity index (χ1v) is 5.61. The average molecular weight is 205 g/mol. The predicted molar refractivity (Wildman–Crippen MR) is 62.4 cm³/mol. The number of methoxy groups -OCH3 is 1. The number of hydrogen-bond acceptors (Lipinski definition) is 2. The lowest BCUT2D eigenvalue weighted by molar-refractivity contribution is 0.400. The molecule has 0 radical (unpaired) electrons. The summed E-state index contributed by atoms with van der Waals surface area (Å²) in [6.07, 6.45) is 2.49. The summed E-state index contributed by atoms with van der Waals surface area (Å²) >= 11 is 0. The van der Waals surface area contributed by atoms with Gasteiger partial charge in [-0.25, -0.2) is 0 Å². The highest BCUT2D eigenvalue weighted by atomic mass is 16.5. The fourth-order valence-corrected chi connectivity index (χ4v) is 2.47. The zero-order valence-corrected chi connectivity index (χ0v) is 9.76. The number of hydrogen-bond donors (Lipinski definition) is 1. The molecule has 15 heavy (non-hydrogen) atoms. The van der Waals surface area contributed by atoms with Gasteiger partial charge in [0.15, 0.2) is 0 Å². The smallest absolute Gasteiger partial charge is 0.126 e. The van der Waals surface area contributed by atoms with E-state index in [0.717, 1.165) is 12.3 Å². The van der Waals surface area contributed by atoms with Crippen LogP contribution in [-0.4, -0.2) is 13.7 Å². The molecular formula is C13H19NO. The first-order valence-electron chi connectivity index (χ1n) is 5.61. The van der Waals surface area contributed by atoms with Crippen LogP contribution in [0, 0.1) is 13.8 Å². The highest BCUT2D eigenvalue weighted by Gasteiger charge is 2.20. The van der Waals surface area contributed by atoms with Crippen LogP contribution in [0.3, 0.4) is 0 Å². The number of ether oxygens (including phenoxy) is 1. The van der Waals surface area contributed by atoms with E-state index in [1.54, 1.807) is 7.11 Å². The van der Waals surface area contributed by atoms with Gasteiger partial charge in [0, 0.05) is 11.6 Å². The largest absolute Gasteiger partial charge is 0.496 e. The Balaban J connectivity index is 2.42. The topological polar surface area (TPSA) is 21.3 Å². The monoisotopic (exact) mass is 205 g/mol. The summed E-state index contributed by atoms with van der Waals surface area (Å²) in [7, 11) is 1.76. The van der Waals surface area contributed by atoms with Gasteiger partial charge in [-0.1, -0.05) is 17.7 Å². The maximum atomic E-state index is 5.50. The molecule has 1 aromatic rings. The molecule has 2 rings (SSSR count). The van der Waals surface area contributed by atoms with Crippen molar-refractivity contribution < 1.29 is 4.74 Å². The third-order valence-corrected chi connectivity index (χ3v) is 3.09. The molecule has 0 saturated carbocycles. The Kier molecular flexibility index (Phi) is 2.96. The summed E-state index contributed by atoms with van der Waals surface area (Å²) in [5.41, 5.74) is 3.88. The Bertz CT molecular complexity index is 354. The molecule has 1 aliphatic heterocycles. The van der Waals surface area contributed by atoms with Crippen LogP contribution in [0.15, 0.2) is 12.1 Å². The van der Waals surface area contributed by atoms with E-state index < -0.39 is 0 Å². The molecule has 1 fully saturated rings. The van der Waals surface area contributed by atoms with Crippen molar-refractivity contribution >= 4 is 0 Å². The van der Waals surface area contributed by atoms with Gasteiger partial charge in [-0.05, 0) is 38.8 Å². The summed E-state index contributed by atoms with van der Waals surface area (Å²) in [4.78, 5) is 0. The van der Waals surface area contributed by atoms with Gasteiger partial charge in [-0.2, -0.15) is 0 Å². The molecule has 1 N–H and O–H groups in total. The van der Waals surface area contributed by atoms with Gasteiger partial charge in [-0.15, -0.1) is 0 Å². The quantitative estimate of drug-likeness (QED) is 0.801. The Labute approximate surface area is 91.6 Å². The minimum absolute atomic E-state index is 0.485. The van der Waals surface area contributed by atoms with E-state index in [1.807, 2.05) is 0 Å². The van der Waals surface area contributed by atoms with Crippen molar-refractivity contribution in [2.24, 2.45) is 0 Å². The molecule has 82 valence electrons. The van der Waals surface area contributed by atoms with Gasteiger partial charge >= 0.3 is 0 Å². The van der Waals surface area contributed by atoms with Crippen molar-refractivity contribution in [3.05, 3.63) is 28.8 Å². The fraction of sp³-hybridized carbons (Fsp3) is 0.538. The van der Waals surface area contributed by atoms with E-state index in [9.17, 15) is 0 Å². The molecule has 0 aromatic heterocycles. The molecular weight excluding hydrogens is 186 g/mol. The maximum Gasteiger partial charge on any atom is 0.126 e. The van der Waals surface area contributed by atoms with E-state index in [4.69, 9.17) is 4.74 Å². The lowest BCUT2D eigenvalue weighted by atomic mass is 9.98. The van der Waals surface area contributed by atoms with Crippen LogP contribution in [0.2, 0.25) is 0 Å². The van der Waals surface area contributed by atoms with Crippen LogP contribution < -0.4 is 10.1 Å². The van der Waals surface area contributed by atoms with E-state index in [-0.39, 0.29) is 0 Å². The van der Waals surface area contributed by atoms with Gasteiger partial charge in [0.25, 0.3) is 0 Å². The third kappa shape index (κ3) is 2.00. The van der Waals surface area contributed by atoms with Crippen molar-refractivity contribution in [3.8, 4) is 5.75 Å². The Morgan fingerprint density at radius 2 is 2.13 bits per heavy atom. The average Bonchev–Trinajstić information content (AvgIpc) is 2.69. The number of nitrogens with one attached hydrogen (secondary N) is 1. The zero-order valence-electron chi connectivity index (χ0n) is 9.76. The molecule has 0 bridgehead atoms. The summed E-state index contributed by atoms with van der Waals surface area (Å²) in [6, 6.07) is 4.91. The van der Waals surface area contributed by atoms with Gasteiger partial charge in [0.05, 0.1) is 7.11 Å². The number of rotatable bonds is 2. The molecule has 0 amide bonds. The molecule has 0 spiro atoms. The van der Waals surface area contributed by atoms with Crippen LogP contribution >= 0.6 is 0 Å². The molecule has 0 aliphatic carbocycles. The van der Waals surface area contributed by atoms with Gasteiger partial charge in [0.1, 0.15) is 5.75 Å². The minimum atomic E-state index is 0.485. The van der Waals surface area contributed by atoms with E-state index >= 15 is 0 Å². The first-order chi connectivity index (χ1) is 7.22. The van der Waals surface area contributed by atoms with Crippen molar-refractivity contribution in [3.63, 3.8) is 0 Å². The summed E-state index contributed by atoms with van der Waals surface area (Å²) in [6.45, 7) is 5.38. The Morgan fingerprint density at radius 1 is 1.33 bits per heavy atom. The van der Waals surface area contributed by atoms with Crippen LogP contribution in [0.4, 0.5) is 0 Å². The predicted octanol–water partition coefficient (Wildman–Crippen LogP) is 2.74. The fourth-order valence-electron chi connectivity index (χ4n) is 2.47. The molecule has 1 aromatic carbocycles. The summed E-state index contributed by atoms with van der Waals surface area (Å²) < 4.78 is 5.50. The highest BCUT2D eigenvalue weighted by Crippen LogP contribution is 2.34. The summed E-state index contributed by atoms with van der Waals surface area (Å²) in [5, 5.41) is 3.52. The van der Waals surface area contributed by atoms with E-state index in [2.05, 4.69) is 31.3 Å². The molecule has 1 atom stereocenters. The number of benzene rings is 1. The lowest BCUT2D eigenvalue weighted by Gasteiger charge is -2.17. The second kappa shape index (κ2) is 4.23. The zero-order chi connectivity index (χ0) is 10.8. The lowest BCUT2D eigenvalue weighted by Crippen LogP contribution is -2.14. The molecule has 2 heteroatoms. The summed E-state index contributed by atoms with van der Waals surface area (Å²) in [5.74, 6) is 1.06. The number of aryl methyl sites for hydroxylation is 2. The minimum Gasteiger partial charge on any atom is -0.496 e. The molecule has 1 aliphatic rings. The molecule has 1 saturated heterocycles.